The number of amides is 1. The maximum atomic E-state index is 12.9. The molecule has 27 heavy (non-hydrogen) atoms. The van der Waals surface area contributed by atoms with Gasteiger partial charge in [0.25, 0.3) is 11.6 Å². The molecule has 1 N–H and O–H groups in total. The Morgan fingerprint density at radius 1 is 1.37 bits per heavy atom. The SMILES string of the molecule is CCOC(=O)Cc1csc(NC(=O)c2cc(C3CC3)nc3onc(C)c23)n1. The van der Waals surface area contributed by atoms with E-state index in [4.69, 9.17) is 9.26 Å². The number of ether oxygens (including phenoxy) is 1. The molecule has 0 spiro atoms. The highest BCUT2D eigenvalue weighted by molar-refractivity contribution is 7.14. The first-order valence-electron chi connectivity index (χ1n) is 8.73. The Bertz CT molecular complexity index is 1020. The van der Waals surface area contributed by atoms with E-state index < -0.39 is 0 Å². The van der Waals surface area contributed by atoms with Crippen molar-refractivity contribution < 1.29 is 18.8 Å². The van der Waals surface area contributed by atoms with Gasteiger partial charge < -0.3 is 9.26 Å². The van der Waals surface area contributed by atoms with Gasteiger partial charge in [-0.25, -0.2) is 9.97 Å². The maximum Gasteiger partial charge on any atom is 0.311 e. The molecule has 0 aliphatic heterocycles. The lowest BCUT2D eigenvalue weighted by atomic mass is 10.1. The quantitative estimate of drug-likeness (QED) is 0.648. The van der Waals surface area contributed by atoms with Gasteiger partial charge >= 0.3 is 5.97 Å². The molecule has 0 atom stereocenters. The molecule has 0 bridgehead atoms. The number of esters is 1. The molecule has 1 saturated carbocycles. The molecular formula is C18H18N4O4S. The van der Waals surface area contributed by atoms with E-state index in [0.29, 0.717) is 45.7 Å². The van der Waals surface area contributed by atoms with Crippen LogP contribution in [0, 0.1) is 6.92 Å². The normalized spacial score (nSPS) is 13.7. The first-order chi connectivity index (χ1) is 13.0. The van der Waals surface area contributed by atoms with E-state index in [2.05, 4.69) is 20.4 Å². The number of thiazole rings is 1. The van der Waals surface area contributed by atoms with E-state index in [1.165, 1.54) is 11.3 Å². The van der Waals surface area contributed by atoms with Crippen molar-refractivity contribution >= 4 is 39.4 Å². The van der Waals surface area contributed by atoms with Gasteiger partial charge in [0.05, 0.1) is 35.4 Å². The Hall–Kier alpha value is -2.81. The Labute approximate surface area is 158 Å². The number of fused-ring (bicyclic) bond motifs is 1. The molecule has 1 amide bonds. The molecule has 9 heteroatoms. The Morgan fingerprint density at radius 3 is 2.93 bits per heavy atom. The van der Waals surface area contributed by atoms with Crippen molar-refractivity contribution in [1.29, 1.82) is 0 Å². The van der Waals surface area contributed by atoms with Crippen LogP contribution in [0.1, 0.15) is 53.1 Å². The molecule has 0 aromatic carbocycles. The van der Waals surface area contributed by atoms with Crippen LogP contribution in [0.2, 0.25) is 0 Å². The van der Waals surface area contributed by atoms with Crippen LogP contribution in [-0.4, -0.2) is 33.6 Å². The monoisotopic (exact) mass is 386 g/mol. The predicted octanol–water partition coefficient (Wildman–Crippen LogP) is 3.22. The molecule has 0 radical (unpaired) electrons. The van der Waals surface area contributed by atoms with Gasteiger partial charge in [-0.1, -0.05) is 5.16 Å². The fraction of sp³-hybridized carbons (Fsp3) is 0.389. The van der Waals surface area contributed by atoms with Crippen LogP contribution in [-0.2, 0) is 16.0 Å². The van der Waals surface area contributed by atoms with Crippen molar-refractivity contribution in [3.63, 3.8) is 0 Å². The number of anilines is 1. The summed E-state index contributed by atoms with van der Waals surface area (Å²) in [5, 5.41) is 9.50. The van der Waals surface area contributed by atoms with Crippen LogP contribution in [0.15, 0.2) is 16.0 Å². The number of nitrogens with one attached hydrogen (secondary N) is 1. The largest absolute Gasteiger partial charge is 0.466 e. The molecule has 3 aromatic rings. The Balaban J connectivity index is 1.57. The second kappa shape index (κ2) is 7.07. The average molecular weight is 386 g/mol. The molecular weight excluding hydrogens is 368 g/mol. The number of nitrogens with zero attached hydrogens (tertiary/aromatic N) is 3. The summed E-state index contributed by atoms with van der Waals surface area (Å²) in [5.74, 6) is -0.263. The highest BCUT2D eigenvalue weighted by Crippen LogP contribution is 2.40. The minimum Gasteiger partial charge on any atom is -0.466 e. The standard InChI is InChI=1S/C18H18N4O4S/c1-3-25-14(23)6-11-8-27-18(19-11)21-16(24)12-7-13(10-4-5-10)20-17-15(12)9(2)22-26-17/h7-8,10H,3-6H2,1-2H3,(H,19,21,24). The first kappa shape index (κ1) is 17.6. The van der Waals surface area contributed by atoms with Crippen molar-refractivity contribution in [2.45, 2.75) is 39.0 Å². The van der Waals surface area contributed by atoms with Crippen LogP contribution >= 0.6 is 11.3 Å². The summed E-state index contributed by atoms with van der Waals surface area (Å²) < 4.78 is 10.2. The number of aromatic nitrogens is 3. The van der Waals surface area contributed by atoms with Crippen LogP contribution in [0.5, 0.6) is 0 Å². The lowest BCUT2D eigenvalue weighted by molar-refractivity contribution is -0.142. The number of hydrogen-bond acceptors (Lipinski definition) is 8. The maximum absolute atomic E-state index is 12.9. The summed E-state index contributed by atoms with van der Waals surface area (Å²) >= 11 is 1.26. The van der Waals surface area contributed by atoms with Crippen LogP contribution in [0.4, 0.5) is 5.13 Å². The van der Waals surface area contributed by atoms with Gasteiger partial charge in [0.15, 0.2) is 5.13 Å². The highest BCUT2D eigenvalue weighted by atomic mass is 32.1. The molecule has 8 nitrogen and oxygen atoms in total. The van der Waals surface area contributed by atoms with Crippen LogP contribution in [0.25, 0.3) is 11.1 Å². The summed E-state index contributed by atoms with van der Waals surface area (Å²) in [6.07, 6.45) is 2.21. The van der Waals surface area contributed by atoms with E-state index >= 15 is 0 Å². The zero-order valence-electron chi connectivity index (χ0n) is 14.9. The summed E-state index contributed by atoms with van der Waals surface area (Å²) in [5.41, 5.74) is 2.89. The van der Waals surface area contributed by atoms with Gasteiger partial charge in [0, 0.05) is 17.0 Å². The Morgan fingerprint density at radius 2 is 2.19 bits per heavy atom. The molecule has 3 aromatic heterocycles. The minimum atomic E-state index is -0.342. The van der Waals surface area contributed by atoms with Crippen molar-refractivity contribution in [1.82, 2.24) is 15.1 Å². The van der Waals surface area contributed by atoms with Gasteiger partial charge in [-0.15, -0.1) is 11.3 Å². The summed E-state index contributed by atoms with van der Waals surface area (Å²) in [6.45, 7) is 3.86. The predicted molar refractivity (Wildman–Crippen MR) is 98.9 cm³/mol. The second-order valence-electron chi connectivity index (χ2n) is 6.40. The molecule has 1 aliphatic rings. The third kappa shape index (κ3) is 3.68. The summed E-state index contributed by atoms with van der Waals surface area (Å²) in [7, 11) is 0. The average Bonchev–Trinajstić information content (AvgIpc) is 3.31. The zero-order chi connectivity index (χ0) is 19.0. The lowest BCUT2D eigenvalue weighted by Gasteiger charge is -2.06. The zero-order valence-corrected chi connectivity index (χ0v) is 15.8. The van der Waals surface area contributed by atoms with E-state index in [1.54, 1.807) is 19.2 Å². The number of hydrogen-bond donors (Lipinski definition) is 1. The topological polar surface area (TPSA) is 107 Å². The fourth-order valence-corrected chi connectivity index (χ4v) is 3.56. The molecule has 0 unspecified atom stereocenters. The highest BCUT2D eigenvalue weighted by Gasteiger charge is 2.28. The van der Waals surface area contributed by atoms with E-state index in [0.717, 1.165) is 18.5 Å². The van der Waals surface area contributed by atoms with Gasteiger partial charge in [-0.3, -0.25) is 14.9 Å². The second-order valence-corrected chi connectivity index (χ2v) is 7.26. The number of pyridine rings is 1. The molecule has 1 aliphatic carbocycles. The number of rotatable bonds is 6. The smallest absolute Gasteiger partial charge is 0.311 e. The van der Waals surface area contributed by atoms with Crippen molar-refractivity contribution in [3.8, 4) is 0 Å². The lowest BCUT2D eigenvalue weighted by Crippen LogP contribution is -2.14. The molecule has 1 fully saturated rings. The third-order valence-electron chi connectivity index (χ3n) is 4.28. The minimum absolute atomic E-state index is 0.0797. The van der Waals surface area contributed by atoms with Gasteiger partial charge in [0.2, 0.25) is 0 Å². The number of aryl methyl sites for hydroxylation is 1. The summed E-state index contributed by atoms with van der Waals surface area (Å²) in [6, 6.07) is 1.81. The summed E-state index contributed by atoms with van der Waals surface area (Å²) in [4.78, 5) is 33.2. The Kier molecular flexibility index (Phi) is 4.61. The third-order valence-corrected chi connectivity index (χ3v) is 5.09. The molecule has 4 rings (SSSR count). The molecule has 0 saturated heterocycles. The number of carbonyl (C=O) groups is 2. The first-order valence-corrected chi connectivity index (χ1v) is 9.61. The van der Waals surface area contributed by atoms with Gasteiger partial charge in [-0.2, -0.15) is 0 Å². The van der Waals surface area contributed by atoms with Gasteiger partial charge in [-0.05, 0) is 32.8 Å². The van der Waals surface area contributed by atoms with Crippen molar-refractivity contribution in [3.05, 3.63) is 34.1 Å². The van der Waals surface area contributed by atoms with E-state index in [9.17, 15) is 9.59 Å². The van der Waals surface area contributed by atoms with E-state index in [1.807, 2.05) is 6.07 Å². The number of carbonyl (C=O) groups excluding carboxylic acids is 2. The van der Waals surface area contributed by atoms with Crippen molar-refractivity contribution in [2.75, 3.05) is 11.9 Å². The van der Waals surface area contributed by atoms with Crippen molar-refractivity contribution in [2.24, 2.45) is 0 Å². The fourth-order valence-electron chi connectivity index (χ4n) is 2.85. The van der Waals surface area contributed by atoms with Crippen LogP contribution < -0.4 is 5.32 Å². The van der Waals surface area contributed by atoms with Crippen LogP contribution in [0.3, 0.4) is 0 Å². The van der Waals surface area contributed by atoms with Gasteiger partial charge in [0.1, 0.15) is 0 Å². The molecule has 3 heterocycles. The molecule has 140 valence electrons. The van der Waals surface area contributed by atoms with E-state index in [-0.39, 0.29) is 18.3 Å².